The molecule has 0 N–H and O–H groups in total. The number of fused-ring (bicyclic) bond motifs is 13. The van der Waals surface area contributed by atoms with Crippen LogP contribution in [-0.2, 0) is 5.41 Å². The molecule has 54 heavy (non-hydrogen) atoms. The third-order valence-corrected chi connectivity index (χ3v) is 12.8. The average molecular weight is 706 g/mol. The Morgan fingerprint density at radius 2 is 1.07 bits per heavy atom. The maximum Gasteiger partial charge on any atom is 0.143 e. The number of anilines is 3. The SMILES string of the molecule is c1ccc(N(c2ccc3c(c2)Sc2ccccc2C32c3ccccc3-c3cccc4cccc2c34)c2ccc3c(c2)oc2c4ccccc4ccc32)cc1. The van der Waals surface area contributed by atoms with Gasteiger partial charge in [0.1, 0.15) is 11.2 Å². The van der Waals surface area contributed by atoms with E-state index in [1.807, 2.05) is 11.8 Å². The number of nitrogens with zero attached hydrogens (tertiary/aromatic N) is 1. The second kappa shape index (κ2) is 11.2. The quantitative estimate of drug-likeness (QED) is 0.182. The van der Waals surface area contributed by atoms with E-state index >= 15 is 0 Å². The van der Waals surface area contributed by atoms with Gasteiger partial charge in [0.05, 0.1) is 5.41 Å². The van der Waals surface area contributed by atoms with Gasteiger partial charge in [-0.25, -0.2) is 0 Å². The fourth-order valence-corrected chi connectivity index (χ4v) is 10.7. The Hall–Kier alpha value is -6.55. The van der Waals surface area contributed by atoms with Crippen LogP contribution in [-0.4, -0.2) is 0 Å². The second-order valence-corrected chi connectivity index (χ2v) is 15.5. The largest absolute Gasteiger partial charge is 0.455 e. The van der Waals surface area contributed by atoms with Crippen LogP contribution in [0.4, 0.5) is 17.1 Å². The molecule has 1 spiro atoms. The van der Waals surface area contributed by atoms with Gasteiger partial charge in [-0.3, -0.25) is 0 Å². The number of benzene rings is 9. The summed E-state index contributed by atoms with van der Waals surface area (Å²) < 4.78 is 6.69. The first-order valence-corrected chi connectivity index (χ1v) is 19.3. The molecule has 0 radical (unpaired) electrons. The molecular weight excluding hydrogens is 675 g/mol. The minimum absolute atomic E-state index is 0.478. The van der Waals surface area contributed by atoms with Crippen molar-refractivity contribution in [1.82, 2.24) is 0 Å². The lowest BCUT2D eigenvalue weighted by Crippen LogP contribution is -2.36. The molecule has 2 heterocycles. The minimum atomic E-state index is -0.478. The highest BCUT2D eigenvalue weighted by molar-refractivity contribution is 7.99. The van der Waals surface area contributed by atoms with E-state index in [4.69, 9.17) is 4.42 Å². The lowest BCUT2D eigenvalue weighted by Gasteiger charge is -2.46. The number of hydrogen-bond donors (Lipinski definition) is 0. The summed E-state index contributed by atoms with van der Waals surface area (Å²) in [4.78, 5) is 4.91. The van der Waals surface area contributed by atoms with Crippen LogP contribution in [0.5, 0.6) is 0 Å². The molecule has 10 aromatic rings. The second-order valence-electron chi connectivity index (χ2n) is 14.4. The van der Waals surface area contributed by atoms with E-state index < -0.39 is 5.41 Å². The Balaban J connectivity index is 1.10. The third-order valence-electron chi connectivity index (χ3n) is 11.7. The maximum atomic E-state index is 6.69. The summed E-state index contributed by atoms with van der Waals surface area (Å²) in [6, 6.07) is 69.0. The molecule has 252 valence electrons. The number of rotatable bonds is 3. The number of para-hydroxylation sites is 1. The molecule has 3 heteroatoms. The summed E-state index contributed by atoms with van der Waals surface area (Å²) in [5.41, 5.74) is 12.5. The van der Waals surface area contributed by atoms with Crippen molar-refractivity contribution in [3.05, 3.63) is 210 Å². The highest BCUT2D eigenvalue weighted by Crippen LogP contribution is 2.61. The van der Waals surface area contributed by atoms with Gasteiger partial charge in [-0.2, -0.15) is 0 Å². The molecule has 0 saturated heterocycles. The van der Waals surface area contributed by atoms with Crippen LogP contribution < -0.4 is 4.90 Å². The highest BCUT2D eigenvalue weighted by atomic mass is 32.2. The summed E-state index contributed by atoms with van der Waals surface area (Å²) >= 11 is 1.88. The normalized spacial score (nSPS) is 15.4. The minimum Gasteiger partial charge on any atom is -0.455 e. The molecule has 12 rings (SSSR count). The van der Waals surface area contributed by atoms with Crippen LogP contribution in [0.25, 0.3) is 54.6 Å². The van der Waals surface area contributed by atoms with Crippen molar-refractivity contribution in [2.75, 3.05) is 4.90 Å². The van der Waals surface area contributed by atoms with Crippen molar-refractivity contribution in [3.8, 4) is 11.1 Å². The van der Waals surface area contributed by atoms with Gasteiger partial charge in [0.2, 0.25) is 0 Å². The van der Waals surface area contributed by atoms with E-state index in [2.05, 4.69) is 193 Å². The van der Waals surface area contributed by atoms with Crippen LogP contribution in [0.1, 0.15) is 22.3 Å². The average Bonchev–Trinajstić information content (AvgIpc) is 3.61. The van der Waals surface area contributed by atoms with Crippen LogP contribution in [0.15, 0.2) is 202 Å². The summed E-state index contributed by atoms with van der Waals surface area (Å²) in [5.74, 6) is 0. The summed E-state index contributed by atoms with van der Waals surface area (Å²) in [6.07, 6.45) is 0. The molecule has 1 aliphatic carbocycles. The zero-order chi connectivity index (χ0) is 35.4. The van der Waals surface area contributed by atoms with Gasteiger partial charge < -0.3 is 9.32 Å². The van der Waals surface area contributed by atoms with Crippen LogP contribution in [0.2, 0.25) is 0 Å². The first kappa shape index (κ1) is 30.0. The molecule has 1 aromatic heterocycles. The van der Waals surface area contributed by atoms with Gasteiger partial charge in [-0.05, 0) is 98.1 Å². The summed E-state index contributed by atoms with van der Waals surface area (Å²) in [6.45, 7) is 0. The van der Waals surface area contributed by atoms with E-state index in [1.165, 1.54) is 59.3 Å². The van der Waals surface area contributed by atoms with Crippen molar-refractivity contribution < 1.29 is 4.42 Å². The third kappa shape index (κ3) is 4.02. The molecule has 0 bridgehead atoms. The molecule has 1 unspecified atom stereocenters. The van der Waals surface area contributed by atoms with Crippen LogP contribution in [0, 0.1) is 0 Å². The predicted molar refractivity (Wildman–Crippen MR) is 225 cm³/mol. The smallest absolute Gasteiger partial charge is 0.143 e. The molecule has 1 atom stereocenters. The first-order valence-electron chi connectivity index (χ1n) is 18.5. The lowest BCUT2D eigenvalue weighted by molar-refractivity contribution is 0.672. The van der Waals surface area contributed by atoms with E-state index in [0.717, 1.165) is 44.4 Å². The fourth-order valence-electron chi connectivity index (χ4n) is 9.48. The van der Waals surface area contributed by atoms with Crippen molar-refractivity contribution in [3.63, 3.8) is 0 Å². The van der Waals surface area contributed by atoms with Crippen molar-refractivity contribution in [2.45, 2.75) is 15.2 Å². The van der Waals surface area contributed by atoms with Gasteiger partial charge >= 0.3 is 0 Å². The molecule has 2 nitrogen and oxygen atoms in total. The van der Waals surface area contributed by atoms with Crippen LogP contribution in [0.3, 0.4) is 0 Å². The fraction of sp³-hybridized carbons (Fsp3) is 0.0196. The maximum absolute atomic E-state index is 6.69. The zero-order valence-electron chi connectivity index (χ0n) is 29.2. The van der Waals surface area contributed by atoms with E-state index in [-0.39, 0.29) is 0 Å². The van der Waals surface area contributed by atoms with Gasteiger partial charge in [-0.1, -0.05) is 145 Å². The molecular formula is C51H31NOS. The van der Waals surface area contributed by atoms with E-state index in [0.29, 0.717) is 0 Å². The Morgan fingerprint density at radius 1 is 0.407 bits per heavy atom. The lowest BCUT2D eigenvalue weighted by atomic mass is 9.59. The topological polar surface area (TPSA) is 16.4 Å². The van der Waals surface area contributed by atoms with Crippen LogP contribution >= 0.6 is 11.8 Å². The molecule has 1 aliphatic heterocycles. The van der Waals surface area contributed by atoms with Crippen molar-refractivity contribution in [2.24, 2.45) is 0 Å². The molecule has 2 aliphatic rings. The van der Waals surface area contributed by atoms with Crippen molar-refractivity contribution in [1.29, 1.82) is 0 Å². The zero-order valence-corrected chi connectivity index (χ0v) is 30.0. The first-order chi connectivity index (χ1) is 26.8. The van der Waals surface area contributed by atoms with Gasteiger partial charge in [0.15, 0.2) is 0 Å². The summed E-state index contributed by atoms with van der Waals surface area (Å²) in [7, 11) is 0. The Morgan fingerprint density at radius 3 is 2.00 bits per heavy atom. The Labute approximate surface area is 316 Å². The van der Waals surface area contributed by atoms with E-state index in [9.17, 15) is 0 Å². The van der Waals surface area contributed by atoms with Gasteiger partial charge in [-0.15, -0.1) is 0 Å². The Bertz CT molecular complexity index is 3160. The standard InChI is InChI=1S/C51H31NOS/c1-2-15-34(16-3-1)52(35-25-28-39-41-27-24-32-12-4-5-17-37(32)50(41)53-46(39)30-35)36-26-29-44-48(31-36)54-47-23-9-8-21-43(47)51(44)42-20-7-6-18-38(42)40-19-10-13-33-14-11-22-45(51)49(33)40/h1-31H. The van der Waals surface area contributed by atoms with E-state index in [1.54, 1.807) is 0 Å². The van der Waals surface area contributed by atoms with Crippen molar-refractivity contribution >= 4 is 72.3 Å². The number of hydrogen-bond acceptors (Lipinski definition) is 3. The molecule has 9 aromatic carbocycles. The van der Waals surface area contributed by atoms with Gasteiger partial charge in [0, 0.05) is 49.1 Å². The monoisotopic (exact) mass is 705 g/mol. The molecule has 0 amide bonds. The highest BCUT2D eigenvalue weighted by Gasteiger charge is 2.48. The predicted octanol–water partition coefficient (Wildman–Crippen LogP) is 14.2. The molecule has 0 saturated carbocycles. The molecule has 0 fully saturated rings. The Kier molecular flexibility index (Phi) is 6.23. The number of furan rings is 1. The van der Waals surface area contributed by atoms with Gasteiger partial charge in [0.25, 0.3) is 0 Å². The summed E-state index contributed by atoms with van der Waals surface area (Å²) in [5, 5.41) is 7.19.